The van der Waals surface area contributed by atoms with E-state index in [4.69, 9.17) is 4.74 Å². The zero-order valence-corrected chi connectivity index (χ0v) is 9.36. The Morgan fingerprint density at radius 2 is 1.93 bits per heavy atom. The highest BCUT2D eigenvalue weighted by Crippen LogP contribution is 2.21. The van der Waals surface area contributed by atoms with Gasteiger partial charge >= 0.3 is 6.18 Å². The Hall–Kier alpha value is -0.290. The van der Waals surface area contributed by atoms with Crippen LogP contribution in [0.5, 0.6) is 0 Å². The highest BCUT2D eigenvalue weighted by atomic mass is 19.4. The van der Waals surface area contributed by atoms with Gasteiger partial charge in [-0.1, -0.05) is 6.92 Å². The fourth-order valence-corrected chi connectivity index (χ4v) is 1.28. The van der Waals surface area contributed by atoms with E-state index in [-0.39, 0.29) is 12.5 Å². The second-order valence-corrected chi connectivity index (χ2v) is 3.59. The molecule has 0 heterocycles. The Bertz CT molecular complexity index is 150. The smallest absolute Gasteiger partial charge is 0.383 e. The fourth-order valence-electron chi connectivity index (χ4n) is 1.28. The molecule has 15 heavy (non-hydrogen) atoms. The van der Waals surface area contributed by atoms with Crippen LogP contribution in [0.2, 0.25) is 0 Å². The van der Waals surface area contributed by atoms with Crippen molar-refractivity contribution in [3.8, 4) is 0 Å². The van der Waals surface area contributed by atoms with E-state index in [1.54, 1.807) is 7.11 Å². The van der Waals surface area contributed by atoms with Crippen molar-refractivity contribution in [2.75, 3.05) is 20.3 Å². The van der Waals surface area contributed by atoms with Gasteiger partial charge in [-0.2, -0.15) is 13.2 Å². The number of hydrogen-bond donors (Lipinski definition) is 1. The predicted molar refractivity (Wildman–Crippen MR) is 53.9 cm³/mol. The van der Waals surface area contributed by atoms with Crippen LogP contribution in [-0.4, -0.2) is 32.5 Å². The van der Waals surface area contributed by atoms with Gasteiger partial charge in [-0.05, 0) is 25.8 Å². The Morgan fingerprint density at radius 3 is 2.40 bits per heavy atom. The van der Waals surface area contributed by atoms with E-state index in [2.05, 4.69) is 5.32 Å². The second-order valence-electron chi connectivity index (χ2n) is 3.59. The summed E-state index contributed by atoms with van der Waals surface area (Å²) in [5, 5.41) is 3.16. The highest BCUT2D eigenvalue weighted by molar-refractivity contribution is 4.63. The first-order valence-corrected chi connectivity index (χ1v) is 5.28. The van der Waals surface area contributed by atoms with Gasteiger partial charge < -0.3 is 10.1 Å². The summed E-state index contributed by atoms with van der Waals surface area (Å²) in [5.41, 5.74) is 0. The molecule has 0 amide bonds. The molecule has 0 spiro atoms. The van der Waals surface area contributed by atoms with Crippen molar-refractivity contribution in [1.29, 1.82) is 0 Å². The summed E-state index contributed by atoms with van der Waals surface area (Å²) in [6.45, 7) is 3.25. The zero-order chi connectivity index (χ0) is 11.7. The molecular formula is C10H20F3NO. The molecule has 0 saturated heterocycles. The molecule has 0 saturated carbocycles. The third-order valence-corrected chi connectivity index (χ3v) is 2.18. The van der Waals surface area contributed by atoms with Crippen LogP contribution in [0.15, 0.2) is 0 Å². The maximum Gasteiger partial charge on any atom is 0.389 e. The minimum Gasteiger partial charge on any atom is -0.383 e. The molecule has 1 unspecified atom stereocenters. The van der Waals surface area contributed by atoms with Crippen LogP contribution < -0.4 is 5.32 Å². The predicted octanol–water partition coefficient (Wildman–Crippen LogP) is 2.73. The van der Waals surface area contributed by atoms with Gasteiger partial charge in [0.1, 0.15) is 0 Å². The number of halogens is 3. The lowest BCUT2D eigenvalue weighted by molar-refractivity contribution is -0.135. The number of ether oxygens (including phenoxy) is 1. The van der Waals surface area contributed by atoms with Crippen LogP contribution in [0, 0.1) is 0 Å². The maximum absolute atomic E-state index is 11.8. The molecule has 0 fully saturated rings. The van der Waals surface area contributed by atoms with Crippen molar-refractivity contribution in [3.63, 3.8) is 0 Å². The van der Waals surface area contributed by atoms with Crippen molar-refractivity contribution in [2.24, 2.45) is 0 Å². The van der Waals surface area contributed by atoms with Gasteiger partial charge in [-0.25, -0.2) is 0 Å². The van der Waals surface area contributed by atoms with Gasteiger partial charge in [0.2, 0.25) is 0 Å². The Morgan fingerprint density at radius 1 is 1.27 bits per heavy atom. The van der Waals surface area contributed by atoms with Crippen molar-refractivity contribution < 1.29 is 17.9 Å². The van der Waals surface area contributed by atoms with E-state index < -0.39 is 12.6 Å². The lowest BCUT2D eigenvalue weighted by atomic mass is 10.2. The van der Waals surface area contributed by atoms with E-state index in [1.165, 1.54) is 0 Å². The zero-order valence-electron chi connectivity index (χ0n) is 9.36. The van der Waals surface area contributed by atoms with Gasteiger partial charge in [-0.15, -0.1) is 0 Å². The third kappa shape index (κ3) is 10.0. The van der Waals surface area contributed by atoms with Gasteiger partial charge in [0.15, 0.2) is 0 Å². The molecule has 92 valence electrons. The summed E-state index contributed by atoms with van der Waals surface area (Å²) in [4.78, 5) is 0. The van der Waals surface area contributed by atoms with Gasteiger partial charge in [0.05, 0.1) is 6.61 Å². The Kier molecular flexibility index (Phi) is 7.78. The Labute approximate surface area is 89.2 Å². The van der Waals surface area contributed by atoms with Crippen LogP contribution in [0.25, 0.3) is 0 Å². The monoisotopic (exact) mass is 227 g/mol. The molecule has 1 atom stereocenters. The lowest BCUT2D eigenvalue weighted by Gasteiger charge is -2.15. The molecule has 5 heteroatoms. The standard InChI is InChI=1S/C10H20F3NO/c1-3-9(8-15-2)14-7-5-4-6-10(11,12)13/h9,14H,3-8H2,1-2H3. The summed E-state index contributed by atoms with van der Waals surface area (Å²) >= 11 is 0. The van der Waals surface area contributed by atoms with Crippen LogP contribution in [0.4, 0.5) is 13.2 Å². The summed E-state index contributed by atoms with van der Waals surface area (Å²) in [6, 6.07) is 0.251. The quantitative estimate of drug-likeness (QED) is 0.644. The molecule has 0 bridgehead atoms. The third-order valence-electron chi connectivity index (χ3n) is 2.18. The summed E-state index contributed by atoms with van der Waals surface area (Å²) in [6.07, 6.45) is -3.03. The average Bonchev–Trinajstić information content (AvgIpc) is 2.14. The van der Waals surface area contributed by atoms with Crippen molar-refractivity contribution in [1.82, 2.24) is 5.32 Å². The molecule has 0 rings (SSSR count). The van der Waals surface area contributed by atoms with Crippen LogP contribution in [0.1, 0.15) is 32.6 Å². The number of nitrogens with one attached hydrogen (secondary N) is 1. The minimum absolute atomic E-state index is 0.194. The first kappa shape index (κ1) is 14.7. The molecule has 0 aliphatic rings. The van der Waals surface area contributed by atoms with Crippen LogP contribution >= 0.6 is 0 Å². The molecule has 0 aromatic heterocycles. The molecule has 0 aromatic carbocycles. The largest absolute Gasteiger partial charge is 0.389 e. The molecule has 0 aliphatic carbocycles. The van der Waals surface area contributed by atoms with Crippen molar-refractivity contribution >= 4 is 0 Å². The van der Waals surface area contributed by atoms with E-state index in [0.717, 1.165) is 6.42 Å². The van der Waals surface area contributed by atoms with E-state index in [9.17, 15) is 13.2 Å². The first-order chi connectivity index (χ1) is 6.99. The molecule has 2 nitrogen and oxygen atoms in total. The number of methoxy groups -OCH3 is 1. The molecule has 0 aromatic rings. The Balaban J connectivity index is 3.36. The van der Waals surface area contributed by atoms with Crippen molar-refractivity contribution in [2.45, 2.75) is 44.8 Å². The normalized spacial score (nSPS) is 14.2. The molecule has 0 aliphatic heterocycles. The fraction of sp³-hybridized carbons (Fsp3) is 1.00. The summed E-state index contributed by atoms with van der Waals surface area (Å²) in [5.74, 6) is 0. The van der Waals surface area contributed by atoms with Crippen molar-refractivity contribution in [3.05, 3.63) is 0 Å². The number of hydrogen-bond acceptors (Lipinski definition) is 2. The molecule has 1 N–H and O–H groups in total. The van der Waals surface area contributed by atoms with E-state index in [0.29, 0.717) is 19.6 Å². The lowest BCUT2D eigenvalue weighted by Crippen LogP contribution is -2.33. The number of unbranched alkanes of at least 4 members (excludes halogenated alkanes) is 1. The second kappa shape index (κ2) is 7.93. The average molecular weight is 227 g/mol. The summed E-state index contributed by atoms with van der Waals surface area (Å²) in [7, 11) is 1.62. The number of rotatable bonds is 8. The molecule has 0 radical (unpaired) electrons. The number of alkyl halides is 3. The maximum atomic E-state index is 11.8. The van der Waals surface area contributed by atoms with Crippen LogP contribution in [-0.2, 0) is 4.74 Å². The van der Waals surface area contributed by atoms with Gasteiger partial charge in [0, 0.05) is 19.6 Å². The van der Waals surface area contributed by atoms with E-state index >= 15 is 0 Å². The van der Waals surface area contributed by atoms with Crippen LogP contribution in [0.3, 0.4) is 0 Å². The first-order valence-electron chi connectivity index (χ1n) is 5.28. The highest BCUT2D eigenvalue weighted by Gasteiger charge is 2.25. The summed E-state index contributed by atoms with van der Waals surface area (Å²) < 4.78 is 40.3. The van der Waals surface area contributed by atoms with Gasteiger partial charge in [-0.3, -0.25) is 0 Å². The van der Waals surface area contributed by atoms with E-state index in [1.807, 2.05) is 6.92 Å². The SMILES string of the molecule is CCC(COC)NCCCCC(F)(F)F. The van der Waals surface area contributed by atoms with Gasteiger partial charge in [0.25, 0.3) is 0 Å². The molecular weight excluding hydrogens is 207 g/mol. The minimum atomic E-state index is -4.02. The topological polar surface area (TPSA) is 21.3 Å².